The van der Waals surface area contributed by atoms with Gasteiger partial charge in [-0.3, -0.25) is 19.5 Å². The Morgan fingerprint density at radius 3 is 2.75 bits per heavy atom. The number of ether oxygens (including phenoxy) is 1. The first kappa shape index (κ1) is 27.6. The van der Waals surface area contributed by atoms with Crippen molar-refractivity contribution in [2.45, 2.75) is 39.7 Å². The minimum atomic E-state index is -0.342. The third kappa shape index (κ3) is 5.14. The molecule has 2 aliphatic heterocycles. The van der Waals surface area contributed by atoms with Crippen LogP contribution in [0.15, 0.2) is 18.5 Å². The normalized spacial score (nSPS) is 16.6. The molecule has 5 heterocycles. The molecule has 210 valence electrons. The van der Waals surface area contributed by atoms with Gasteiger partial charge in [0.05, 0.1) is 36.0 Å². The van der Waals surface area contributed by atoms with Crippen molar-refractivity contribution in [2.24, 2.45) is 5.92 Å². The number of aromatic nitrogens is 4. The Bertz CT molecular complexity index is 1490. The number of nitrogens with zero attached hydrogens (tertiary/aromatic N) is 5. The quantitative estimate of drug-likeness (QED) is 0.291. The molecule has 3 aromatic heterocycles. The summed E-state index contributed by atoms with van der Waals surface area (Å²) in [5.74, 6) is 0.970. The third-order valence-electron chi connectivity index (χ3n) is 7.61. The summed E-state index contributed by atoms with van der Waals surface area (Å²) in [7, 11) is 1.60. The molecule has 2 amide bonds. The zero-order chi connectivity index (χ0) is 28.6. The first-order valence-corrected chi connectivity index (χ1v) is 13.5. The number of anilines is 2. The molecule has 1 saturated heterocycles. The maximum Gasteiger partial charge on any atom is 0.260 e. The molecule has 0 spiro atoms. The molecule has 0 unspecified atom stereocenters. The molecule has 0 radical (unpaired) electrons. The number of halogens is 1. The Balaban J connectivity index is 1.43. The number of H-pyrrole nitrogens is 1. The van der Waals surface area contributed by atoms with Crippen LogP contribution in [0.3, 0.4) is 0 Å². The fourth-order valence-electron chi connectivity index (χ4n) is 5.44. The maximum absolute atomic E-state index is 13.8. The van der Waals surface area contributed by atoms with E-state index in [4.69, 9.17) is 22.1 Å². The second-order valence-electron chi connectivity index (χ2n) is 10.2. The van der Waals surface area contributed by atoms with Crippen LogP contribution in [0.5, 0.6) is 5.75 Å². The number of nitrogens with one attached hydrogen (secondary N) is 1. The van der Waals surface area contributed by atoms with E-state index in [1.54, 1.807) is 31.6 Å². The summed E-state index contributed by atoms with van der Waals surface area (Å²) >= 11 is 6.49. The van der Waals surface area contributed by atoms with E-state index in [1.807, 2.05) is 18.7 Å². The van der Waals surface area contributed by atoms with Crippen molar-refractivity contribution in [1.29, 1.82) is 0 Å². The molecule has 3 aromatic rings. The summed E-state index contributed by atoms with van der Waals surface area (Å²) in [6.45, 7) is 5.39. The van der Waals surface area contributed by atoms with Gasteiger partial charge in [-0.05, 0) is 51.2 Å². The Morgan fingerprint density at radius 2 is 2.05 bits per heavy atom. The number of methoxy groups -OCH3 is 1. The van der Waals surface area contributed by atoms with E-state index in [-0.39, 0.29) is 41.6 Å². The van der Waals surface area contributed by atoms with Crippen molar-refractivity contribution < 1.29 is 19.4 Å². The van der Waals surface area contributed by atoms with Gasteiger partial charge in [0.25, 0.3) is 11.8 Å². The molecule has 0 aromatic carbocycles. The van der Waals surface area contributed by atoms with Crippen molar-refractivity contribution in [2.75, 3.05) is 37.4 Å². The molecule has 4 N–H and O–H groups in total. The Kier molecular flexibility index (Phi) is 7.77. The predicted molar refractivity (Wildman–Crippen MR) is 152 cm³/mol. The highest BCUT2D eigenvalue weighted by Gasteiger charge is 2.37. The lowest BCUT2D eigenvalue weighted by Crippen LogP contribution is -2.38. The number of aromatic amines is 1. The molecule has 0 atom stereocenters. The number of aliphatic hydroxyl groups excluding tert-OH is 1. The second-order valence-corrected chi connectivity index (χ2v) is 10.5. The molecule has 2 aliphatic rings. The van der Waals surface area contributed by atoms with Crippen molar-refractivity contribution in [3.63, 3.8) is 0 Å². The highest BCUT2D eigenvalue weighted by atomic mass is 35.5. The molecule has 0 bridgehead atoms. The van der Waals surface area contributed by atoms with Gasteiger partial charge in [0.2, 0.25) is 5.95 Å². The number of nitrogens with two attached hydrogens (primary N) is 1. The summed E-state index contributed by atoms with van der Waals surface area (Å²) in [5.41, 5.74) is 9.96. The number of fused-ring (bicyclic) bond motifs is 1. The summed E-state index contributed by atoms with van der Waals surface area (Å²) in [6, 6.07) is 1.72. The number of piperidine rings is 1. The SMILES string of the molecule is COc1c(C)cnc(CN2C(=O)/C(=C\c3cc(C(=O)N4CCC(CCO)CC4)c[nH]3)c3c(Cl)nc(N)nc32)c1C. The molecule has 0 saturated carbocycles. The smallest absolute Gasteiger partial charge is 0.260 e. The van der Waals surface area contributed by atoms with Crippen LogP contribution in [-0.2, 0) is 11.3 Å². The lowest BCUT2D eigenvalue weighted by Gasteiger charge is -2.31. The van der Waals surface area contributed by atoms with Gasteiger partial charge in [0.1, 0.15) is 10.9 Å². The third-order valence-corrected chi connectivity index (χ3v) is 7.89. The van der Waals surface area contributed by atoms with E-state index in [1.165, 1.54) is 4.90 Å². The minimum absolute atomic E-state index is 0.0514. The summed E-state index contributed by atoms with van der Waals surface area (Å²) < 4.78 is 5.53. The summed E-state index contributed by atoms with van der Waals surface area (Å²) in [4.78, 5) is 46.2. The van der Waals surface area contributed by atoms with Gasteiger partial charge < -0.3 is 25.5 Å². The minimum Gasteiger partial charge on any atom is -0.496 e. The molecule has 1 fully saturated rings. The lowest BCUT2D eigenvalue weighted by atomic mass is 9.93. The number of carbonyl (C=O) groups is 2. The highest BCUT2D eigenvalue weighted by Crippen LogP contribution is 2.41. The molecule has 11 nitrogen and oxygen atoms in total. The maximum atomic E-state index is 13.8. The number of carbonyl (C=O) groups excluding carboxylic acids is 2. The van der Waals surface area contributed by atoms with Crippen LogP contribution >= 0.6 is 11.6 Å². The van der Waals surface area contributed by atoms with Gasteiger partial charge in [-0.2, -0.15) is 4.98 Å². The van der Waals surface area contributed by atoms with E-state index in [0.29, 0.717) is 53.1 Å². The van der Waals surface area contributed by atoms with Gasteiger partial charge >= 0.3 is 0 Å². The van der Waals surface area contributed by atoms with E-state index in [2.05, 4.69) is 19.9 Å². The van der Waals surface area contributed by atoms with Gasteiger partial charge in [-0.25, -0.2) is 4.98 Å². The standard InChI is InChI=1S/C28H32ClN7O4/c1-15-12-32-21(16(2)23(15)40-3)14-36-25-22(24(29)33-28(30)34-25)20(27(36)39)11-19-10-18(13-31-19)26(38)35-7-4-17(5-8-35)6-9-37/h10-13,17,31,37H,4-9,14H2,1-3H3,(H2,30,33,34)/b20-11-. The predicted octanol–water partition coefficient (Wildman–Crippen LogP) is 3.38. The van der Waals surface area contributed by atoms with E-state index in [0.717, 1.165) is 30.4 Å². The average molecular weight is 566 g/mol. The number of aliphatic hydroxyl groups is 1. The van der Waals surface area contributed by atoms with Crippen molar-refractivity contribution >= 4 is 46.8 Å². The van der Waals surface area contributed by atoms with Crippen LogP contribution in [0.4, 0.5) is 11.8 Å². The van der Waals surface area contributed by atoms with Gasteiger partial charge in [-0.15, -0.1) is 0 Å². The Labute approximate surface area is 237 Å². The number of likely N-dealkylation sites (tertiary alicyclic amines) is 1. The number of hydrogen-bond acceptors (Lipinski definition) is 8. The van der Waals surface area contributed by atoms with Crippen molar-refractivity contribution in [1.82, 2.24) is 24.8 Å². The van der Waals surface area contributed by atoms with Crippen LogP contribution in [0.25, 0.3) is 11.6 Å². The topological polar surface area (TPSA) is 151 Å². The van der Waals surface area contributed by atoms with Gasteiger partial charge in [0.15, 0.2) is 5.82 Å². The molecule has 0 aliphatic carbocycles. The number of hydrogen-bond donors (Lipinski definition) is 3. The highest BCUT2D eigenvalue weighted by molar-refractivity contribution is 6.41. The van der Waals surface area contributed by atoms with Gasteiger partial charge in [-0.1, -0.05) is 11.6 Å². The lowest BCUT2D eigenvalue weighted by molar-refractivity contribution is -0.113. The van der Waals surface area contributed by atoms with Crippen molar-refractivity contribution in [3.05, 3.63) is 57.3 Å². The zero-order valence-electron chi connectivity index (χ0n) is 22.7. The monoisotopic (exact) mass is 565 g/mol. The van der Waals surface area contributed by atoms with Crippen LogP contribution in [0.2, 0.25) is 5.15 Å². The summed E-state index contributed by atoms with van der Waals surface area (Å²) in [6.07, 6.45) is 7.50. The average Bonchev–Trinajstić information content (AvgIpc) is 3.49. The van der Waals surface area contributed by atoms with Crippen molar-refractivity contribution in [3.8, 4) is 5.75 Å². The number of amides is 2. The summed E-state index contributed by atoms with van der Waals surface area (Å²) in [5, 5.41) is 9.25. The Hall–Kier alpha value is -3.96. The number of pyridine rings is 1. The molecule has 12 heteroatoms. The first-order valence-electron chi connectivity index (χ1n) is 13.2. The fraction of sp³-hybridized carbons (Fsp3) is 0.393. The fourth-order valence-corrected chi connectivity index (χ4v) is 5.71. The van der Waals surface area contributed by atoms with Crippen LogP contribution in [-0.4, -0.2) is 68.6 Å². The van der Waals surface area contributed by atoms with E-state index >= 15 is 0 Å². The largest absolute Gasteiger partial charge is 0.496 e. The number of rotatable bonds is 7. The van der Waals surface area contributed by atoms with Gasteiger partial charge in [0, 0.05) is 48.9 Å². The second kappa shape index (κ2) is 11.3. The molecule has 5 rings (SSSR count). The molecular formula is C28H32ClN7O4. The van der Waals surface area contributed by atoms with Crippen LogP contribution in [0, 0.1) is 19.8 Å². The number of aryl methyl sites for hydroxylation is 1. The first-order chi connectivity index (χ1) is 19.2. The van der Waals surface area contributed by atoms with E-state index in [9.17, 15) is 14.7 Å². The zero-order valence-corrected chi connectivity index (χ0v) is 23.5. The van der Waals surface area contributed by atoms with Crippen LogP contribution in [0.1, 0.15) is 57.7 Å². The van der Waals surface area contributed by atoms with Crippen LogP contribution < -0.4 is 15.4 Å². The molecular weight excluding hydrogens is 534 g/mol. The van der Waals surface area contributed by atoms with E-state index < -0.39 is 0 Å². The molecule has 40 heavy (non-hydrogen) atoms. The number of nitrogen functional groups attached to an aromatic ring is 1. The Morgan fingerprint density at radius 1 is 1.30 bits per heavy atom.